The van der Waals surface area contributed by atoms with Gasteiger partial charge in [-0.1, -0.05) is 24.3 Å². The second-order valence-electron chi connectivity index (χ2n) is 11.4. The van der Waals surface area contributed by atoms with Gasteiger partial charge in [0.1, 0.15) is 12.3 Å². The molecule has 0 unspecified atom stereocenters. The number of aryl methyl sites for hydroxylation is 3. The monoisotopic (exact) mass is 493 g/mol. The molecular weight excluding hydrogens is 462 g/mol. The van der Waals surface area contributed by atoms with Gasteiger partial charge in [0.25, 0.3) is 0 Å². The summed E-state index contributed by atoms with van der Waals surface area (Å²) < 4.78 is 18.2. The van der Waals surface area contributed by atoms with E-state index in [2.05, 4.69) is 71.6 Å². The maximum atomic E-state index is 13.6. The van der Waals surface area contributed by atoms with Crippen molar-refractivity contribution in [3.63, 3.8) is 0 Å². The molecule has 1 fully saturated rings. The summed E-state index contributed by atoms with van der Waals surface area (Å²) in [4.78, 5) is 13.6. The molecule has 5 aromatic rings. The van der Waals surface area contributed by atoms with Crippen LogP contribution < -0.4 is 5.32 Å². The van der Waals surface area contributed by atoms with Crippen molar-refractivity contribution in [1.29, 1.82) is 0 Å². The quantitative estimate of drug-likeness (QED) is 0.335. The average molecular weight is 494 g/mol. The number of nitrogens with zero attached hydrogens (tertiary/aromatic N) is 2. The van der Waals surface area contributed by atoms with Gasteiger partial charge in [-0.05, 0) is 63.1 Å². The number of ether oxygens (including phenoxy) is 2. The minimum Gasteiger partial charge on any atom is -0.375 e. The van der Waals surface area contributed by atoms with Gasteiger partial charge in [-0.15, -0.1) is 0 Å². The number of aromatic nitrogens is 2. The Balaban J connectivity index is 1.72. The van der Waals surface area contributed by atoms with Gasteiger partial charge in [0.05, 0.1) is 22.1 Å². The summed E-state index contributed by atoms with van der Waals surface area (Å²) in [7, 11) is 3.80. The fourth-order valence-electron chi connectivity index (χ4n) is 7.89. The Morgan fingerprint density at radius 2 is 1.70 bits per heavy atom. The third-order valence-corrected chi connectivity index (χ3v) is 9.32. The lowest BCUT2D eigenvalue weighted by Crippen LogP contribution is -2.59. The van der Waals surface area contributed by atoms with Crippen LogP contribution in [0.4, 0.5) is 0 Å². The van der Waals surface area contributed by atoms with Crippen LogP contribution in [0, 0.1) is 13.8 Å². The fraction of sp³-hybridized carbons (Fsp3) is 0.387. The van der Waals surface area contributed by atoms with Crippen LogP contribution in [-0.4, -0.2) is 41.2 Å². The highest BCUT2D eigenvalue weighted by Crippen LogP contribution is 2.54. The highest BCUT2D eigenvalue weighted by molar-refractivity contribution is 6.31. The van der Waals surface area contributed by atoms with Crippen LogP contribution in [0.2, 0.25) is 0 Å². The molecule has 0 spiro atoms. The topological polar surface area (TPSA) is 57.4 Å². The van der Waals surface area contributed by atoms with E-state index in [1.54, 1.807) is 7.11 Å². The SMILES string of the molecule is CN[C@@H]1C[C@H]2O[C@@](C)([C@@H]1OC)n1c3cc(C)ccc3c3c4c(c5c6ccc(C)cc6n2c5c31)C(=O)CC4. The first-order valence-corrected chi connectivity index (χ1v) is 13.3. The Morgan fingerprint density at radius 1 is 1.00 bits per heavy atom. The molecule has 1 saturated heterocycles. The number of fused-ring (bicyclic) bond motifs is 13. The molecule has 2 aliphatic heterocycles. The highest BCUT2D eigenvalue weighted by Gasteiger charge is 2.53. The van der Waals surface area contributed by atoms with Gasteiger partial charge >= 0.3 is 0 Å². The van der Waals surface area contributed by atoms with E-state index >= 15 is 0 Å². The Bertz CT molecular complexity index is 1840. The first-order chi connectivity index (χ1) is 17.9. The zero-order valence-corrected chi connectivity index (χ0v) is 21.9. The van der Waals surface area contributed by atoms with Gasteiger partial charge in [0.2, 0.25) is 0 Å². The van der Waals surface area contributed by atoms with E-state index in [0.717, 1.165) is 45.7 Å². The lowest BCUT2D eigenvalue weighted by Gasteiger charge is -2.48. The molecule has 37 heavy (non-hydrogen) atoms. The second-order valence-corrected chi connectivity index (χ2v) is 11.4. The number of methoxy groups -OCH3 is 1. The van der Waals surface area contributed by atoms with E-state index in [0.29, 0.717) is 6.42 Å². The van der Waals surface area contributed by atoms with E-state index < -0.39 is 5.72 Å². The zero-order valence-electron chi connectivity index (χ0n) is 21.9. The number of benzene rings is 3. The number of rotatable bonds is 2. The molecule has 0 saturated carbocycles. The Hall–Kier alpha value is -3.19. The molecular formula is C31H31N3O3. The van der Waals surface area contributed by atoms with Crippen LogP contribution in [0.1, 0.15) is 53.0 Å². The normalized spacial score (nSPS) is 26.7. The first kappa shape index (κ1) is 21.9. The minimum atomic E-state index is -0.752. The number of Topliss-reactive ketones (excluding diaryl/α,β-unsaturated/α-hetero) is 1. The summed E-state index contributed by atoms with van der Waals surface area (Å²) in [6, 6.07) is 13.4. The minimum absolute atomic E-state index is 0.0890. The Kier molecular flexibility index (Phi) is 4.14. The number of likely N-dealkylation sites (N-methyl/N-ethyl adjacent to an activating group) is 1. The summed E-state index contributed by atoms with van der Waals surface area (Å²) in [6.07, 6.45) is 1.72. The number of nitrogens with one attached hydrogen (secondary N) is 1. The van der Waals surface area contributed by atoms with Gasteiger partial charge in [-0.25, -0.2) is 0 Å². The van der Waals surface area contributed by atoms with Crippen LogP contribution in [0.5, 0.6) is 0 Å². The molecule has 4 heterocycles. The van der Waals surface area contributed by atoms with Gasteiger partial charge < -0.3 is 23.9 Å². The Labute approximate surface area is 215 Å². The van der Waals surface area contributed by atoms with Crippen molar-refractivity contribution in [2.45, 2.75) is 64.1 Å². The number of hydrogen-bond donors (Lipinski definition) is 1. The predicted octanol–water partition coefficient (Wildman–Crippen LogP) is 5.86. The van der Waals surface area contributed by atoms with E-state index in [4.69, 9.17) is 9.47 Å². The smallest absolute Gasteiger partial charge is 0.173 e. The number of hydrogen-bond acceptors (Lipinski definition) is 4. The van der Waals surface area contributed by atoms with Crippen molar-refractivity contribution in [1.82, 2.24) is 14.5 Å². The maximum absolute atomic E-state index is 13.6. The number of carbonyl (C=O) groups excluding carboxylic acids is 1. The fourth-order valence-corrected chi connectivity index (χ4v) is 7.89. The summed E-state index contributed by atoms with van der Waals surface area (Å²) in [5.41, 5.74) is 8.33. The molecule has 1 N–H and O–H groups in total. The third-order valence-electron chi connectivity index (χ3n) is 9.32. The molecule has 1 aliphatic carbocycles. The summed E-state index contributed by atoms with van der Waals surface area (Å²) in [5, 5.41) is 8.17. The Morgan fingerprint density at radius 3 is 2.41 bits per heavy atom. The molecule has 3 aromatic carbocycles. The molecule has 0 amide bonds. The summed E-state index contributed by atoms with van der Waals surface area (Å²) >= 11 is 0. The molecule has 3 aliphatic rings. The first-order valence-electron chi connectivity index (χ1n) is 13.3. The van der Waals surface area contributed by atoms with Crippen molar-refractivity contribution in [2.24, 2.45) is 0 Å². The third kappa shape index (κ3) is 2.45. The van der Waals surface area contributed by atoms with E-state index in [9.17, 15) is 4.79 Å². The molecule has 2 bridgehead atoms. The zero-order chi connectivity index (χ0) is 25.4. The largest absolute Gasteiger partial charge is 0.375 e. The van der Waals surface area contributed by atoms with Gasteiger partial charge in [-0.2, -0.15) is 0 Å². The average Bonchev–Trinajstić information content (AvgIpc) is 3.50. The lowest BCUT2D eigenvalue weighted by atomic mass is 9.93. The maximum Gasteiger partial charge on any atom is 0.173 e. The molecule has 4 atom stereocenters. The van der Waals surface area contributed by atoms with Gasteiger partial charge in [0, 0.05) is 53.1 Å². The second kappa shape index (κ2) is 7.01. The molecule has 6 nitrogen and oxygen atoms in total. The molecule has 6 heteroatoms. The van der Waals surface area contributed by atoms with Gasteiger partial charge in [0.15, 0.2) is 11.5 Å². The van der Waals surface area contributed by atoms with E-state index in [1.165, 1.54) is 33.0 Å². The van der Waals surface area contributed by atoms with E-state index in [1.807, 2.05) is 7.05 Å². The lowest BCUT2D eigenvalue weighted by molar-refractivity contribution is -0.256. The molecule has 188 valence electrons. The van der Waals surface area contributed by atoms with Crippen molar-refractivity contribution in [2.75, 3.05) is 14.2 Å². The van der Waals surface area contributed by atoms with Crippen LogP contribution in [0.3, 0.4) is 0 Å². The standard InChI is InChI=1S/C31H31N3O3/c1-15-6-8-17-21(12-15)33-24-14-20(32-4)30(36-5)31(3,37-24)34-22-13-16(2)7-9-18(22)25-19-10-11-23(35)26(19)27(17)28(33)29(25)34/h6-9,12-13,20,24,30,32H,10-11,14H2,1-5H3/t20-,24-,30-,31+/m1/s1. The summed E-state index contributed by atoms with van der Waals surface area (Å²) in [5.74, 6) is 0.256. The molecule has 8 rings (SSSR count). The van der Waals surface area contributed by atoms with E-state index in [-0.39, 0.29) is 24.2 Å². The van der Waals surface area contributed by atoms with Crippen molar-refractivity contribution in [3.8, 4) is 0 Å². The van der Waals surface area contributed by atoms with Crippen LogP contribution in [0.25, 0.3) is 43.6 Å². The summed E-state index contributed by atoms with van der Waals surface area (Å²) in [6.45, 7) is 6.46. The van der Waals surface area contributed by atoms with Gasteiger partial charge in [-0.3, -0.25) is 4.79 Å². The molecule has 0 radical (unpaired) electrons. The van der Waals surface area contributed by atoms with Crippen LogP contribution >= 0.6 is 0 Å². The van der Waals surface area contributed by atoms with Crippen LogP contribution in [-0.2, 0) is 21.6 Å². The van der Waals surface area contributed by atoms with Crippen molar-refractivity contribution in [3.05, 3.63) is 58.7 Å². The predicted molar refractivity (Wildman–Crippen MR) is 147 cm³/mol. The van der Waals surface area contributed by atoms with Crippen molar-refractivity contribution < 1.29 is 14.3 Å². The van der Waals surface area contributed by atoms with Crippen LogP contribution in [0.15, 0.2) is 36.4 Å². The van der Waals surface area contributed by atoms with Crippen molar-refractivity contribution >= 4 is 49.4 Å². The number of ketones is 1. The highest BCUT2D eigenvalue weighted by atomic mass is 16.6. The number of carbonyl (C=O) groups is 1. The molecule has 2 aromatic heterocycles.